The Hall–Kier alpha value is -2.28. The highest BCUT2D eigenvalue weighted by Gasteiger charge is 2.34. The van der Waals surface area contributed by atoms with E-state index in [1.807, 2.05) is 19.1 Å². The van der Waals surface area contributed by atoms with Crippen LogP contribution in [0.4, 0.5) is 18.9 Å². The third-order valence-corrected chi connectivity index (χ3v) is 4.23. The first-order valence-electron chi connectivity index (χ1n) is 8.02. The van der Waals surface area contributed by atoms with E-state index in [-0.39, 0.29) is 17.5 Å². The van der Waals surface area contributed by atoms with Crippen LogP contribution in [-0.2, 0) is 23.9 Å². The number of aryl methyl sites for hydroxylation is 2. The van der Waals surface area contributed by atoms with E-state index in [1.165, 1.54) is 13.2 Å². The second-order valence-corrected chi connectivity index (χ2v) is 6.06. The van der Waals surface area contributed by atoms with E-state index in [1.54, 1.807) is 19.1 Å². The molecule has 2 rings (SSSR count). The molecule has 0 spiro atoms. The second kappa shape index (κ2) is 8.40. The van der Waals surface area contributed by atoms with Crippen LogP contribution in [0.3, 0.4) is 0 Å². The van der Waals surface area contributed by atoms with Crippen molar-refractivity contribution in [2.45, 2.75) is 33.1 Å². The maximum absolute atomic E-state index is 13.3. The molecule has 140 valence electrons. The molecule has 0 aliphatic heterocycles. The summed E-state index contributed by atoms with van der Waals surface area (Å²) in [6.45, 7) is 3.63. The lowest BCUT2D eigenvalue weighted by Crippen LogP contribution is -2.14. The Bertz CT molecular complexity index is 791. The molecule has 2 aromatic rings. The molecular formula is C19H20F3NO2S. The number of benzene rings is 2. The highest BCUT2D eigenvalue weighted by molar-refractivity contribution is 7.80. The van der Waals surface area contributed by atoms with Crippen molar-refractivity contribution in [2.24, 2.45) is 0 Å². The third-order valence-electron chi connectivity index (χ3n) is 3.96. The summed E-state index contributed by atoms with van der Waals surface area (Å²) in [6.07, 6.45) is -3.96. The molecule has 0 saturated heterocycles. The molecule has 0 aromatic heterocycles. The van der Waals surface area contributed by atoms with Gasteiger partial charge in [-0.2, -0.15) is 13.2 Å². The van der Waals surface area contributed by atoms with E-state index in [4.69, 9.17) is 21.7 Å². The third kappa shape index (κ3) is 4.88. The van der Waals surface area contributed by atoms with Crippen LogP contribution in [-0.4, -0.2) is 12.3 Å². The first-order valence-corrected chi connectivity index (χ1v) is 8.43. The predicted octanol–water partition coefficient (Wildman–Crippen LogP) is 5.50. The minimum absolute atomic E-state index is 0.0319. The normalized spacial score (nSPS) is 11.2. The molecule has 0 fully saturated rings. The minimum Gasteiger partial charge on any atom is -0.488 e. The SMILES string of the molecule is CCc1ccc(OCc2c(C)cccc2NC(=S)OC)c(C(F)(F)F)c1. The van der Waals surface area contributed by atoms with Crippen molar-refractivity contribution in [3.8, 4) is 5.75 Å². The average molecular weight is 383 g/mol. The first kappa shape index (κ1) is 20.0. The molecule has 0 aliphatic rings. The number of ether oxygens (including phenoxy) is 2. The van der Waals surface area contributed by atoms with Crippen LogP contribution in [0.2, 0.25) is 0 Å². The van der Waals surface area contributed by atoms with Gasteiger partial charge in [0.2, 0.25) is 0 Å². The molecule has 1 N–H and O–H groups in total. The van der Waals surface area contributed by atoms with Crippen LogP contribution in [0.5, 0.6) is 5.75 Å². The molecular weight excluding hydrogens is 363 g/mol. The fourth-order valence-electron chi connectivity index (χ4n) is 2.47. The average Bonchev–Trinajstić information content (AvgIpc) is 2.60. The fraction of sp³-hybridized carbons (Fsp3) is 0.316. The zero-order valence-corrected chi connectivity index (χ0v) is 15.6. The van der Waals surface area contributed by atoms with Crippen molar-refractivity contribution < 1.29 is 22.6 Å². The van der Waals surface area contributed by atoms with Crippen molar-refractivity contribution in [2.75, 3.05) is 12.4 Å². The number of methoxy groups -OCH3 is 1. The smallest absolute Gasteiger partial charge is 0.419 e. The van der Waals surface area contributed by atoms with Crippen LogP contribution < -0.4 is 10.1 Å². The Balaban J connectivity index is 2.31. The van der Waals surface area contributed by atoms with Crippen LogP contribution >= 0.6 is 12.2 Å². The Labute approximate surface area is 156 Å². The second-order valence-electron chi connectivity index (χ2n) is 5.69. The minimum atomic E-state index is -4.48. The van der Waals surface area contributed by atoms with Gasteiger partial charge in [-0.25, -0.2) is 0 Å². The monoisotopic (exact) mass is 383 g/mol. The largest absolute Gasteiger partial charge is 0.488 e. The van der Waals surface area contributed by atoms with E-state index in [2.05, 4.69) is 5.32 Å². The lowest BCUT2D eigenvalue weighted by atomic mass is 10.1. The molecule has 0 saturated carbocycles. The van der Waals surface area contributed by atoms with Gasteiger partial charge in [-0.3, -0.25) is 0 Å². The summed E-state index contributed by atoms with van der Waals surface area (Å²) in [7, 11) is 1.44. The van der Waals surface area contributed by atoms with Gasteiger partial charge in [0.15, 0.2) is 0 Å². The van der Waals surface area contributed by atoms with E-state index >= 15 is 0 Å². The molecule has 0 heterocycles. The maximum Gasteiger partial charge on any atom is 0.419 e. The van der Waals surface area contributed by atoms with Gasteiger partial charge in [0.05, 0.1) is 12.7 Å². The summed E-state index contributed by atoms with van der Waals surface area (Å²) in [6, 6.07) is 9.57. The molecule has 0 amide bonds. The molecule has 0 bridgehead atoms. The van der Waals surface area contributed by atoms with Gasteiger partial charge in [-0.1, -0.05) is 25.1 Å². The van der Waals surface area contributed by atoms with Crippen LogP contribution in [0.1, 0.15) is 29.2 Å². The molecule has 0 aliphatic carbocycles. The molecule has 0 atom stereocenters. The number of anilines is 1. The highest BCUT2D eigenvalue weighted by Crippen LogP contribution is 2.37. The van der Waals surface area contributed by atoms with Gasteiger partial charge in [-0.05, 0) is 54.9 Å². The van der Waals surface area contributed by atoms with Crippen LogP contribution in [0.15, 0.2) is 36.4 Å². The standard InChI is InChI=1S/C19H20F3NO2S/c1-4-13-8-9-17(15(10-13)19(20,21)22)25-11-14-12(2)6-5-7-16(14)23-18(26)24-3/h5-10H,4,11H2,1-3H3,(H,23,26). The van der Waals surface area contributed by atoms with Gasteiger partial charge in [0, 0.05) is 11.3 Å². The molecule has 2 aromatic carbocycles. The summed E-state index contributed by atoms with van der Waals surface area (Å²) in [5, 5.41) is 3.07. The number of hydrogen-bond donors (Lipinski definition) is 1. The van der Waals surface area contributed by atoms with Crippen molar-refractivity contribution in [1.82, 2.24) is 0 Å². The van der Waals surface area contributed by atoms with E-state index < -0.39 is 11.7 Å². The maximum atomic E-state index is 13.3. The van der Waals surface area contributed by atoms with Crippen molar-refractivity contribution in [1.29, 1.82) is 0 Å². The number of hydrogen-bond acceptors (Lipinski definition) is 3. The zero-order chi connectivity index (χ0) is 19.3. The lowest BCUT2D eigenvalue weighted by Gasteiger charge is -2.18. The van der Waals surface area contributed by atoms with Gasteiger partial charge in [0.25, 0.3) is 5.17 Å². The Morgan fingerprint density at radius 1 is 1.19 bits per heavy atom. The van der Waals surface area contributed by atoms with Gasteiger partial charge < -0.3 is 14.8 Å². The number of thiocarbonyl (C=S) groups is 1. The highest BCUT2D eigenvalue weighted by atomic mass is 32.1. The zero-order valence-electron chi connectivity index (χ0n) is 14.7. The number of nitrogens with one attached hydrogen (secondary N) is 1. The number of halogens is 3. The Kier molecular flexibility index (Phi) is 6.47. The topological polar surface area (TPSA) is 30.5 Å². The quantitative estimate of drug-likeness (QED) is 0.691. The molecule has 7 heteroatoms. The van der Waals surface area contributed by atoms with Gasteiger partial charge >= 0.3 is 6.18 Å². The number of rotatable bonds is 5. The van der Waals surface area contributed by atoms with Crippen molar-refractivity contribution in [3.05, 3.63) is 58.7 Å². The predicted molar refractivity (Wildman–Crippen MR) is 99.6 cm³/mol. The van der Waals surface area contributed by atoms with Gasteiger partial charge in [-0.15, -0.1) is 0 Å². The van der Waals surface area contributed by atoms with Crippen LogP contribution in [0.25, 0.3) is 0 Å². The lowest BCUT2D eigenvalue weighted by molar-refractivity contribution is -0.139. The van der Waals surface area contributed by atoms with E-state index in [0.717, 1.165) is 11.6 Å². The van der Waals surface area contributed by atoms with Crippen molar-refractivity contribution >= 4 is 23.1 Å². The van der Waals surface area contributed by atoms with E-state index in [9.17, 15) is 13.2 Å². The number of alkyl halides is 3. The Morgan fingerprint density at radius 2 is 1.92 bits per heavy atom. The molecule has 3 nitrogen and oxygen atoms in total. The molecule has 0 radical (unpaired) electrons. The summed E-state index contributed by atoms with van der Waals surface area (Å²) in [5.41, 5.74) is 2.04. The summed E-state index contributed by atoms with van der Waals surface area (Å²) in [4.78, 5) is 0. The van der Waals surface area contributed by atoms with Crippen molar-refractivity contribution in [3.63, 3.8) is 0 Å². The summed E-state index contributed by atoms with van der Waals surface area (Å²) < 4.78 is 50.5. The molecule has 26 heavy (non-hydrogen) atoms. The van der Waals surface area contributed by atoms with E-state index in [0.29, 0.717) is 23.2 Å². The van der Waals surface area contributed by atoms with Gasteiger partial charge in [0.1, 0.15) is 12.4 Å². The fourth-order valence-corrected chi connectivity index (χ4v) is 2.58. The molecule has 0 unspecified atom stereocenters. The summed E-state index contributed by atoms with van der Waals surface area (Å²) in [5.74, 6) is -0.196. The van der Waals surface area contributed by atoms with Crippen LogP contribution in [0, 0.1) is 6.92 Å². The summed E-state index contributed by atoms with van der Waals surface area (Å²) >= 11 is 4.99. The first-order chi connectivity index (χ1) is 12.3. The Morgan fingerprint density at radius 3 is 2.54 bits per heavy atom.